The number of hydrogen-bond donors (Lipinski definition) is 0. The van der Waals surface area contributed by atoms with Crippen LogP contribution in [0.25, 0.3) is 0 Å². The second kappa shape index (κ2) is 111. The number of allylic oxidation sites excluding steroid dienone is 2. The standard InChI is InChI=1S/C34H66O3.C31H60O4.C30H58O2.C3H8O.C2H6/c1-4-5-6-7-8-9-10-11-12-13-14-15-16-17-18-19-20-21-22-23-24-25-26-27-28-29-30-31-32-36-37-34(35)33(2)3;1-30(32)31(2)35-34-29-27-25-23-21-19-17-15-13-11-9-7-5-4-6-8-10-12-14-16-18-20-22-24-26-28-33-3;1-29(2)30(31)27-25-23-21-19-17-15-13-11-9-7-5-4-6-8-10-12-14-16-18-20-22-24-26-28-32-3;1-3-4-2;1-2/h2,4-32H2,1,3H3;2,4-29H2,1,3H3;1,4-28H2,2-3H3;3H2,1-2H3;1-2H3. The summed E-state index contributed by atoms with van der Waals surface area (Å²) in [7, 11) is 5.28. The molecule has 0 saturated heterocycles. The Kier molecular flexibility index (Phi) is 117. The third-order valence-corrected chi connectivity index (χ3v) is 21.5. The number of methoxy groups -OCH3 is 3. The minimum Gasteiger partial charge on any atom is -0.385 e. The quantitative estimate of drug-likeness (QED) is 0.0192. The smallest absolute Gasteiger partial charge is 0.368 e. The summed E-state index contributed by atoms with van der Waals surface area (Å²) in [6.07, 6.45) is 105. The summed E-state index contributed by atoms with van der Waals surface area (Å²) in [6, 6.07) is 0. The topological polar surface area (TPSA) is 116 Å². The highest BCUT2D eigenvalue weighted by Gasteiger charge is 2.07. The van der Waals surface area contributed by atoms with Crippen LogP contribution in [-0.2, 0) is 48.1 Å². The molecule has 0 radical (unpaired) electrons. The highest BCUT2D eigenvalue weighted by Crippen LogP contribution is 2.21. The Bertz CT molecular complexity index is 1750. The van der Waals surface area contributed by atoms with Gasteiger partial charge in [-0.15, -0.1) is 0 Å². The van der Waals surface area contributed by atoms with Crippen LogP contribution in [0, 0.1) is 0 Å². The molecule has 0 fully saturated rings. The normalized spacial score (nSPS) is 10.9. The molecule has 0 aromatic carbocycles. The van der Waals surface area contributed by atoms with E-state index in [4.69, 9.17) is 24.1 Å². The maximum Gasteiger partial charge on any atom is 0.368 e. The van der Waals surface area contributed by atoms with Gasteiger partial charge >= 0.3 is 5.97 Å². The fourth-order valence-corrected chi connectivity index (χ4v) is 13.9. The molecule has 0 aliphatic heterocycles. The number of ketones is 2. The number of unbranched alkanes of at least 4 members (excludes halogenated alkanes) is 72. The van der Waals surface area contributed by atoms with E-state index in [9.17, 15) is 14.4 Å². The van der Waals surface area contributed by atoms with Crippen LogP contribution in [0.2, 0.25) is 0 Å². The largest absolute Gasteiger partial charge is 0.385 e. The molecule has 0 unspecified atom stereocenters. The Morgan fingerprint density at radius 3 is 0.564 bits per heavy atom. The average molecular weight is 1560 g/mol. The molecule has 0 heterocycles. The molecule has 0 saturated carbocycles. The summed E-state index contributed by atoms with van der Waals surface area (Å²) in [5, 5.41) is 0. The number of hydrogen-bond acceptors (Lipinski definition) is 10. The van der Waals surface area contributed by atoms with Crippen LogP contribution in [0.4, 0.5) is 0 Å². The van der Waals surface area contributed by atoms with Crippen molar-refractivity contribution in [3.63, 3.8) is 0 Å². The first-order chi connectivity index (χ1) is 54.0. The minimum absolute atomic E-state index is 0.0809. The molecule has 0 atom stereocenters. The van der Waals surface area contributed by atoms with Gasteiger partial charge in [-0.1, -0.05) is 483 Å². The third kappa shape index (κ3) is 116. The Morgan fingerprint density at radius 1 is 0.227 bits per heavy atom. The second-order valence-corrected chi connectivity index (χ2v) is 32.5. The Labute approximate surface area is 689 Å². The molecule has 0 amide bonds. The van der Waals surface area contributed by atoms with Crippen LogP contribution in [0.3, 0.4) is 0 Å². The van der Waals surface area contributed by atoms with E-state index < -0.39 is 5.97 Å². The lowest BCUT2D eigenvalue weighted by atomic mass is 10.0. The number of ether oxygens (including phenoxy) is 3. The predicted octanol–water partition coefficient (Wildman–Crippen LogP) is 33.8. The zero-order valence-electron chi connectivity index (χ0n) is 76.5. The first-order valence-electron chi connectivity index (χ1n) is 48.6. The highest BCUT2D eigenvalue weighted by atomic mass is 17.2. The van der Waals surface area contributed by atoms with Crippen molar-refractivity contribution in [2.24, 2.45) is 0 Å². The van der Waals surface area contributed by atoms with Crippen molar-refractivity contribution in [1.29, 1.82) is 0 Å². The summed E-state index contributed by atoms with van der Waals surface area (Å²) in [4.78, 5) is 52.9. The van der Waals surface area contributed by atoms with Gasteiger partial charge in [0, 0.05) is 60.1 Å². The lowest BCUT2D eigenvalue weighted by molar-refractivity contribution is -0.268. The molecule has 0 N–H and O–H groups in total. The number of carbonyl (C=O) groups is 3. The molecular weight excluding hydrogens is 1360 g/mol. The van der Waals surface area contributed by atoms with Gasteiger partial charge in [-0.2, -0.15) is 9.78 Å². The van der Waals surface area contributed by atoms with E-state index in [1.54, 1.807) is 28.3 Å². The van der Waals surface area contributed by atoms with Crippen LogP contribution in [0.15, 0.2) is 36.6 Å². The van der Waals surface area contributed by atoms with Crippen molar-refractivity contribution in [3.05, 3.63) is 36.6 Å². The van der Waals surface area contributed by atoms with E-state index in [2.05, 4.69) is 36.3 Å². The van der Waals surface area contributed by atoms with E-state index in [1.165, 1.54) is 456 Å². The van der Waals surface area contributed by atoms with E-state index in [0.29, 0.717) is 30.8 Å². The Hall–Kier alpha value is -2.37. The maximum absolute atomic E-state index is 11.5. The monoisotopic (exact) mass is 1560 g/mol. The van der Waals surface area contributed by atoms with Gasteiger partial charge in [0.1, 0.15) is 0 Å². The van der Waals surface area contributed by atoms with Gasteiger partial charge in [-0.05, 0) is 65.0 Å². The Balaban J connectivity index is -0.000000484. The lowest BCUT2D eigenvalue weighted by Gasteiger charge is -2.05. The summed E-state index contributed by atoms with van der Waals surface area (Å²) < 4.78 is 14.7. The molecule has 0 aliphatic carbocycles. The molecule has 0 rings (SSSR count). The van der Waals surface area contributed by atoms with Crippen molar-refractivity contribution >= 4 is 17.5 Å². The van der Waals surface area contributed by atoms with Crippen LogP contribution >= 0.6 is 0 Å². The second-order valence-electron chi connectivity index (χ2n) is 32.5. The van der Waals surface area contributed by atoms with Gasteiger partial charge in [0.2, 0.25) is 5.76 Å². The predicted molar refractivity (Wildman–Crippen MR) is 483 cm³/mol. The van der Waals surface area contributed by atoms with Crippen LogP contribution in [0.5, 0.6) is 0 Å². The van der Waals surface area contributed by atoms with Gasteiger partial charge < -0.3 is 19.1 Å². The maximum atomic E-state index is 11.5. The molecule has 110 heavy (non-hydrogen) atoms. The molecule has 10 heteroatoms. The molecule has 0 aliphatic rings. The van der Waals surface area contributed by atoms with Gasteiger partial charge in [-0.3, -0.25) is 14.5 Å². The first kappa shape index (κ1) is 116. The summed E-state index contributed by atoms with van der Waals surface area (Å²) in [5.41, 5.74) is 1.09. The summed E-state index contributed by atoms with van der Waals surface area (Å²) in [5.74, 6) is -0.332. The summed E-state index contributed by atoms with van der Waals surface area (Å²) in [6.45, 7) is 27.5. The van der Waals surface area contributed by atoms with Gasteiger partial charge in [0.15, 0.2) is 11.6 Å². The lowest BCUT2D eigenvalue weighted by Crippen LogP contribution is -2.06. The first-order valence-corrected chi connectivity index (χ1v) is 48.6. The van der Waals surface area contributed by atoms with Crippen molar-refractivity contribution in [2.45, 2.75) is 536 Å². The third-order valence-electron chi connectivity index (χ3n) is 21.5. The zero-order valence-corrected chi connectivity index (χ0v) is 76.5. The molecule has 0 aromatic heterocycles. The molecule has 0 aromatic rings. The number of carbonyl (C=O) groups excluding carboxylic acids is 3. The number of Topliss-reactive ketones (excluding diaryl/α,β-unsaturated/α-hetero) is 2. The van der Waals surface area contributed by atoms with Crippen molar-refractivity contribution in [3.8, 4) is 0 Å². The zero-order chi connectivity index (χ0) is 81.7. The van der Waals surface area contributed by atoms with Crippen molar-refractivity contribution < 1.29 is 48.1 Å². The molecule has 0 bridgehead atoms. The number of rotatable bonds is 89. The molecule has 0 spiro atoms. The SMILES string of the molecule is C=C(C)C(=O)CCCCCCCCCCCCCCCCCCCCCCCCCOC.C=C(C)C(=O)OOCCCCCCCCCCCCCCCCCCCCCCCCCCCCCC.C=C(OOCCCCCCCCCCCCCCCCCCCCCCCCCCOC)C(C)=O.CC.CCOC. The van der Waals surface area contributed by atoms with E-state index in [-0.39, 0.29) is 17.3 Å². The van der Waals surface area contributed by atoms with Crippen LogP contribution < -0.4 is 0 Å². The van der Waals surface area contributed by atoms with Crippen LogP contribution in [-0.4, -0.2) is 71.9 Å². The molecular formula is C100H198O10. The highest BCUT2D eigenvalue weighted by molar-refractivity contribution is 5.94. The van der Waals surface area contributed by atoms with Crippen LogP contribution in [0.1, 0.15) is 536 Å². The fraction of sp³-hybridized carbons (Fsp3) is 0.910. The summed E-state index contributed by atoms with van der Waals surface area (Å²) >= 11 is 0. The molecule has 10 nitrogen and oxygen atoms in total. The van der Waals surface area contributed by atoms with Crippen molar-refractivity contribution in [1.82, 2.24) is 0 Å². The van der Waals surface area contributed by atoms with E-state index in [1.807, 2.05) is 27.7 Å². The van der Waals surface area contributed by atoms with Crippen molar-refractivity contribution in [2.75, 3.05) is 54.4 Å². The fourth-order valence-electron chi connectivity index (χ4n) is 13.9. The Morgan fingerprint density at radius 2 is 0.400 bits per heavy atom. The van der Waals surface area contributed by atoms with E-state index >= 15 is 0 Å². The van der Waals surface area contributed by atoms with E-state index in [0.717, 1.165) is 51.9 Å². The minimum atomic E-state index is -0.472. The molecule has 658 valence electrons. The van der Waals surface area contributed by atoms with Gasteiger partial charge in [0.25, 0.3) is 0 Å². The van der Waals surface area contributed by atoms with Gasteiger partial charge in [0.05, 0.1) is 13.2 Å². The van der Waals surface area contributed by atoms with Gasteiger partial charge in [-0.25, -0.2) is 4.79 Å². The average Bonchev–Trinajstić information content (AvgIpc) is 1.13.